The van der Waals surface area contributed by atoms with E-state index in [1.165, 1.54) is 0 Å². The molecule has 0 spiro atoms. The summed E-state index contributed by atoms with van der Waals surface area (Å²) in [5.74, 6) is 0. The molecule has 1 atom stereocenters. The Morgan fingerprint density at radius 2 is 2.00 bits per heavy atom. The molecule has 0 saturated carbocycles. The number of ether oxygens (including phenoxy) is 1. The molecule has 0 fully saturated rings. The van der Waals surface area contributed by atoms with Crippen molar-refractivity contribution in [3.05, 3.63) is 0 Å². The van der Waals surface area contributed by atoms with Crippen LogP contribution in [0.15, 0.2) is 0 Å². The predicted octanol–water partition coefficient (Wildman–Crippen LogP) is 1.93. The van der Waals surface area contributed by atoms with E-state index in [0.717, 1.165) is 19.3 Å². The predicted molar refractivity (Wildman–Crippen MR) is 48.6 cm³/mol. The van der Waals surface area contributed by atoms with E-state index in [1.807, 2.05) is 0 Å². The van der Waals surface area contributed by atoms with E-state index in [9.17, 15) is 0 Å². The summed E-state index contributed by atoms with van der Waals surface area (Å²) in [4.78, 5) is 0. The summed E-state index contributed by atoms with van der Waals surface area (Å²) in [7, 11) is 1.75. The molecule has 68 valence electrons. The van der Waals surface area contributed by atoms with Gasteiger partial charge in [0.15, 0.2) is 0 Å². The van der Waals surface area contributed by atoms with E-state index in [4.69, 9.17) is 10.5 Å². The van der Waals surface area contributed by atoms with Crippen molar-refractivity contribution in [3.8, 4) is 0 Å². The van der Waals surface area contributed by atoms with Gasteiger partial charge in [-0.15, -0.1) is 0 Å². The van der Waals surface area contributed by atoms with Crippen molar-refractivity contribution in [1.29, 1.82) is 0 Å². The topological polar surface area (TPSA) is 35.2 Å². The molecule has 0 aliphatic heterocycles. The summed E-state index contributed by atoms with van der Waals surface area (Å²) in [6, 6.07) is 0.337. The molecule has 0 aliphatic rings. The summed E-state index contributed by atoms with van der Waals surface area (Å²) < 4.78 is 5.28. The van der Waals surface area contributed by atoms with E-state index in [2.05, 4.69) is 20.8 Å². The standard InChI is InChI=1S/C9H21NO/c1-5-8(10)6-7-9(2,3)11-4/h8H,5-7,10H2,1-4H3. The van der Waals surface area contributed by atoms with Crippen molar-refractivity contribution in [3.63, 3.8) is 0 Å². The highest BCUT2D eigenvalue weighted by atomic mass is 16.5. The Bertz CT molecular complexity index is 102. The number of hydrogen-bond acceptors (Lipinski definition) is 2. The first-order valence-electron chi connectivity index (χ1n) is 4.32. The largest absolute Gasteiger partial charge is 0.379 e. The van der Waals surface area contributed by atoms with Gasteiger partial charge in [0.1, 0.15) is 0 Å². The molecule has 0 aromatic carbocycles. The van der Waals surface area contributed by atoms with E-state index < -0.39 is 0 Å². The number of hydrogen-bond donors (Lipinski definition) is 1. The molecule has 2 nitrogen and oxygen atoms in total. The van der Waals surface area contributed by atoms with Crippen LogP contribution in [-0.2, 0) is 4.74 Å². The molecule has 0 saturated heterocycles. The maximum Gasteiger partial charge on any atom is 0.0623 e. The van der Waals surface area contributed by atoms with Gasteiger partial charge in [0.05, 0.1) is 5.60 Å². The van der Waals surface area contributed by atoms with Gasteiger partial charge in [-0.2, -0.15) is 0 Å². The van der Waals surface area contributed by atoms with Gasteiger partial charge in [-0.05, 0) is 33.1 Å². The summed E-state index contributed by atoms with van der Waals surface area (Å²) >= 11 is 0. The van der Waals surface area contributed by atoms with Gasteiger partial charge in [-0.25, -0.2) is 0 Å². The SMILES string of the molecule is CCC(N)CCC(C)(C)OC. The highest BCUT2D eigenvalue weighted by molar-refractivity contribution is 4.71. The molecule has 0 aliphatic carbocycles. The van der Waals surface area contributed by atoms with Crippen LogP contribution in [0.1, 0.15) is 40.0 Å². The molecule has 2 N–H and O–H groups in total. The first kappa shape index (κ1) is 10.9. The lowest BCUT2D eigenvalue weighted by Gasteiger charge is -2.24. The zero-order valence-corrected chi connectivity index (χ0v) is 8.18. The number of rotatable bonds is 5. The van der Waals surface area contributed by atoms with Gasteiger partial charge in [-0.3, -0.25) is 0 Å². The molecule has 0 rings (SSSR count). The Labute approximate surface area is 70.1 Å². The lowest BCUT2D eigenvalue weighted by atomic mass is 9.98. The second-order valence-corrected chi connectivity index (χ2v) is 3.67. The Balaban J connectivity index is 3.52. The molecule has 2 heteroatoms. The highest BCUT2D eigenvalue weighted by Crippen LogP contribution is 2.16. The summed E-state index contributed by atoms with van der Waals surface area (Å²) in [6.45, 7) is 6.30. The molecule has 0 radical (unpaired) electrons. The Kier molecular flexibility index (Phi) is 4.69. The highest BCUT2D eigenvalue weighted by Gasteiger charge is 2.16. The zero-order valence-electron chi connectivity index (χ0n) is 8.18. The van der Waals surface area contributed by atoms with Gasteiger partial charge in [0.25, 0.3) is 0 Å². The van der Waals surface area contributed by atoms with E-state index >= 15 is 0 Å². The van der Waals surface area contributed by atoms with Crippen molar-refractivity contribution in [1.82, 2.24) is 0 Å². The van der Waals surface area contributed by atoms with Crippen LogP contribution in [0.5, 0.6) is 0 Å². The van der Waals surface area contributed by atoms with Crippen molar-refractivity contribution in [2.24, 2.45) is 5.73 Å². The van der Waals surface area contributed by atoms with Crippen LogP contribution < -0.4 is 5.73 Å². The smallest absolute Gasteiger partial charge is 0.0623 e. The van der Waals surface area contributed by atoms with Crippen LogP contribution in [0, 0.1) is 0 Å². The van der Waals surface area contributed by atoms with Crippen molar-refractivity contribution in [2.45, 2.75) is 51.7 Å². The molecule has 0 bridgehead atoms. The molecule has 0 heterocycles. The van der Waals surface area contributed by atoms with Gasteiger partial charge in [0.2, 0.25) is 0 Å². The van der Waals surface area contributed by atoms with Crippen LogP contribution in [0.4, 0.5) is 0 Å². The van der Waals surface area contributed by atoms with Crippen molar-refractivity contribution >= 4 is 0 Å². The maximum absolute atomic E-state index is 5.78. The molecular weight excluding hydrogens is 138 g/mol. The van der Waals surface area contributed by atoms with E-state index in [-0.39, 0.29) is 5.60 Å². The minimum atomic E-state index is -0.00715. The van der Waals surface area contributed by atoms with Crippen molar-refractivity contribution in [2.75, 3.05) is 7.11 Å². The van der Waals surface area contributed by atoms with Gasteiger partial charge >= 0.3 is 0 Å². The Morgan fingerprint density at radius 3 is 2.36 bits per heavy atom. The molecule has 0 aromatic rings. The normalized spacial score (nSPS) is 15.0. The molecule has 0 amide bonds. The minimum Gasteiger partial charge on any atom is -0.379 e. The van der Waals surface area contributed by atoms with Gasteiger partial charge < -0.3 is 10.5 Å². The van der Waals surface area contributed by atoms with Crippen LogP contribution in [0.25, 0.3) is 0 Å². The Hall–Kier alpha value is -0.0800. The second kappa shape index (κ2) is 4.73. The zero-order chi connectivity index (χ0) is 8.91. The lowest BCUT2D eigenvalue weighted by molar-refractivity contribution is 0.0124. The molecule has 0 aromatic heterocycles. The fourth-order valence-electron chi connectivity index (χ4n) is 0.839. The number of methoxy groups -OCH3 is 1. The van der Waals surface area contributed by atoms with Crippen LogP contribution in [0.3, 0.4) is 0 Å². The fourth-order valence-corrected chi connectivity index (χ4v) is 0.839. The average Bonchev–Trinajstić information content (AvgIpc) is 2.00. The second-order valence-electron chi connectivity index (χ2n) is 3.67. The summed E-state index contributed by atoms with van der Waals surface area (Å²) in [6.07, 6.45) is 3.15. The molecule has 11 heavy (non-hydrogen) atoms. The van der Waals surface area contributed by atoms with Crippen LogP contribution in [-0.4, -0.2) is 18.8 Å². The van der Waals surface area contributed by atoms with Gasteiger partial charge in [-0.1, -0.05) is 6.92 Å². The average molecular weight is 159 g/mol. The minimum absolute atomic E-state index is 0.00715. The molecule has 1 unspecified atom stereocenters. The lowest BCUT2D eigenvalue weighted by Crippen LogP contribution is -2.27. The first-order valence-corrected chi connectivity index (χ1v) is 4.32. The van der Waals surface area contributed by atoms with Crippen molar-refractivity contribution < 1.29 is 4.74 Å². The van der Waals surface area contributed by atoms with Crippen LogP contribution in [0.2, 0.25) is 0 Å². The maximum atomic E-state index is 5.78. The third-order valence-corrected chi connectivity index (χ3v) is 2.19. The van der Waals surface area contributed by atoms with E-state index in [0.29, 0.717) is 6.04 Å². The third kappa shape index (κ3) is 5.22. The Morgan fingerprint density at radius 1 is 1.45 bits per heavy atom. The molecular formula is C9H21NO. The quantitative estimate of drug-likeness (QED) is 0.665. The fraction of sp³-hybridized carbons (Fsp3) is 1.00. The number of nitrogens with two attached hydrogens (primary N) is 1. The first-order chi connectivity index (χ1) is 5.02. The summed E-state index contributed by atoms with van der Waals surface area (Å²) in [5.41, 5.74) is 5.77. The third-order valence-electron chi connectivity index (χ3n) is 2.19. The van der Waals surface area contributed by atoms with Crippen LogP contribution >= 0.6 is 0 Å². The van der Waals surface area contributed by atoms with E-state index in [1.54, 1.807) is 7.11 Å². The van der Waals surface area contributed by atoms with Gasteiger partial charge in [0, 0.05) is 13.2 Å². The summed E-state index contributed by atoms with van der Waals surface area (Å²) in [5, 5.41) is 0. The monoisotopic (exact) mass is 159 g/mol.